The summed E-state index contributed by atoms with van der Waals surface area (Å²) >= 11 is 0. The zero-order valence-corrected chi connectivity index (χ0v) is 11.0. The average Bonchev–Trinajstić information content (AvgIpc) is 2.42. The molecule has 0 heterocycles. The van der Waals surface area contributed by atoms with Crippen molar-refractivity contribution in [1.82, 2.24) is 0 Å². The van der Waals surface area contributed by atoms with Gasteiger partial charge in [-0.3, -0.25) is 4.90 Å². The first-order valence-electron chi connectivity index (χ1n) is 6.84. The van der Waals surface area contributed by atoms with E-state index in [2.05, 4.69) is 0 Å². The third kappa shape index (κ3) is 3.03. The molecule has 3 nitrogen and oxygen atoms in total. The number of hydrogen-bond donors (Lipinski definition) is 0. The quantitative estimate of drug-likeness (QED) is 0.808. The summed E-state index contributed by atoms with van der Waals surface area (Å²) in [5.41, 5.74) is 0.947. The predicted molar refractivity (Wildman–Crippen MR) is 72.8 cm³/mol. The normalized spacial score (nSPS) is 16.3. The molecule has 1 aromatic rings. The minimum absolute atomic E-state index is 0.212. The fraction of sp³-hybridized carbons (Fsp3) is 0.533. The molecule has 2 rings (SSSR count). The van der Waals surface area contributed by atoms with Crippen molar-refractivity contribution in [2.24, 2.45) is 0 Å². The van der Waals surface area contributed by atoms with Crippen LogP contribution in [0.4, 0.5) is 10.5 Å². The Labute approximate surface area is 109 Å². The molecule has 1 amide bonds. The van der Waals surface area contributed by atoms with Gasteiger partial charge >= 0.3 is 6.09 Å². The lowest BCUT2D eigenvalue weighted by Gasteiger charge is -2.33. The van der Waals surface area contributed by atoms with E-state index in [0.717, 1.165) is 18.5 Å². The van der Waals surface area contributed by atoms with E-state index < -0.39 is 0 Å². The van der Waals surface area contributed by atoms with Gasteiger partial charge in [-0.1, -0.05) is 37.5 Å². The lowest BCUT2D eigenvalue weighted by atomic mass is 9.94. The molecule has 0 unspecified atom stereocenters. The Hall–Kier alpha value is -1.51. The number of rotatable bonds is 3. The molecular weight excluding hydrogens is 226 g/mol. The first kappa shape index (κ1) is 12.9. The SMILES string of the molecule is CCOC(=O)N(c1ccccc1)C1CCCCC1. The summed E-state index contributed by atoms with van der Waals surface area (Å²) < 4.78 is 5.20. The first-order valence-corrected chi connectivity index (χ1v) is 6.84. The lowest BCUT2D eigenvalue weighted by Crippen LogP contribution is -2.42. The molecule has 0 saturated heterocycles. The van der Waals surface area contributed by atoms with E-state index in [1.807, 2.05) is 42.2 Å². The molecule has 1 aromatic carbocycles. The van der Waals surface area contributed by atoms with Gasteiger partial charge in [-0.25, -0.2) is 4.79 Å². The fourth-order valence-corrected chi connectivity index (χ4v) is 2.59. The van der Waals surface area contributed by atoms with Crippen molar-refractivity contribution >= 4 is 11.8 Å². The molecule has 18 heavy (non-hydrogen) atoms. The van der Waals surface area contributed by atoms with Crippen LogP contribution in [0.15, 0.2) is 30.3 Å². The minimum atomic E-state index is -0.212. The molecule has 98 valence electrons. The smallest absolute Gasteiger partial charge is 0.414 e. The van der Waals surface area contributed by atoms with E-state index in [1.54, 1.807) is 0 Å². The van der Waals surface area contributed by atoms with Gasteiger partial charge in [0.15, 0.2) is 0 Å². The molecule has 3 heteroatoms. The van der Waals surface area contributed by atoms with Crippen LogP contribution < -0.4 is 4.90 Å². The Balaban J connectivity index is 2.19. The number of hydrogen-bond acceptors (Lipinski definition) is 2. The highest BCUT2D eigenvalue weighted by atomic mass is 16.6. The maximum atomic E-state index is 12.1. The highest BCUT2D eigenvalue weighted by molar-refractivity contribution is 5.88. The van der Waals surface area contributed by atoms with Crippen LogP contribution in [-0.4, -0.2) is 18.7 Å². The van der Waals surface area contributed by atoms with Gasteiger partial charge in [0.25, 0.3) is 0 Å². The van der Waals surface area contributed by atoms with Crippen molar-refractivity contribution in [3.8, 4) is 0 Å². The van der Waals surface area contributed by atoms with Crippen LogP contribution in [0.1, 0.15) is 39.0 Å². The molecule has 1 aliphatic rings. The second-order valence-electron chi connectivity index (χ2n) is 4.70. The third-order valence-electron chi connectivity index (χ3n) is 3.44. The molecule has 1 fully saturated rings. The summed E-state index contributed by atoms with van der Waals surface area (Å²) in [4.78, 5) is 14.0. The van der Waals surface area contributed by atoms with Crippen molar-refractivity contribution in [1.29, 1.82) is 0 Å². The Morgan fingerprint density at radius 2 is 1.89 bits per heavy atom. The van der Waals surface area contributed by atoms with E-state index in [4.69, 9.17) is 4.74 Å². The van der Waals surface area contributed by atoms with E-state index in [0.29, 0.717) is 12.6 Å². The Kier molecular flexibility index (Phi) is 4.62. The van der Waals surface area contributed by atoms with Gasteiger partial charge in [0.2, 0.25) is 0 Å². The van der Waals surface area contributed by atoms with Crippen LogP contribution in [-0.2, 0) is 4.74 Å². The topological polar surface area (TPSA) is 29.5 Å². The maximum absolute atomic E-state index is 12.1. The largest absolute Gasteiger partial charge is 0.449 e. The van der Waals surface area contributed by atoms with Crippen molar-refractivity contribution < 1.29 is 9.53 Å². The molecule has 1 aliphatic carbocycles. The van der Waals surface area contributed by atoms with Crippen LogP contribution in [0.5, 0.6) is 0 Å². The van der Waals surface area contributed by atoms with Crippen LogP contribution in [0, 0.1) is 0 Å². The summed E-state index contributed by atoms with van der Waals surface area (Å²) in [5.74, 6) is 0. The van der Waals surface area contributed by atoms with Gasteiger partial charge in [0, 0.05) is 11.7 Å². The van der Waals surface area contributed by atoms with Gasteiger partial charge in [-0.15, -0.1) is 0 Å². The number of amides is 1. The van der Waals surface area contributed by atoms with Crippen LogP contribution in [0.25, 0.3) is 0 Å². The number of nitrogens with zero attached hydrogens (tertiary/aromatic N) is 1. The molecule has 0 N–H and O–H groups in total. The first-order chi connectivity index (χ1) is 8.83. The average molecular weight is 247 g/mol. The lowest BCUT2D eigenvalue weighted by molar-refractivity contribution is 0.155. The van der Waals surface area contributed by atoms with Crippen molar-refractivity contribution in [2.45, 2.75) is 45.1 Å². The Morgan fingerprint density at radius 1 is 1.22 bits per heavy atom. The molecule has 0 atom stereocenters. The number of carbonyl (C=O) groups is 1. The fourth-order valence-electron chi connectivity index (χ4n) is 2.59. The molecule has 1 saturated carbocycles. The number of ether oxygens (including phenoxy) is 1. The second kappa shape index (κ2) is 6.43. The summed E-state index contributed by atoms with van der Waals surface area (Å²) in [5, 5.41) is 0. The number of carbonyl (C=O) groups excluding carboxylic acids is 1. The molecule has 0 aromatic heterocycles. The predicted octanol–water partition coefficient (Wildman–Crippen LogP) is 3.98. The van der Waals surface area contributed by atoms with Gasteiger partial charge in [0.05, 0.1) is 6.61 Å². The van der Waals surface area contributed by atoms with Crippen molar-refractivity contribution in [3.05, 3.63) is 30.3 Å². The van der Waals surface area contributed by atoms with Gasteiger partial charge in [-0.2, -0.15) is 0 Å². The Morgan fingerprint density at radius 3 is 2.50 bits per heavy atom. The second-order valence-corrected chi connectivity index (χ2v) is 4.70. The third-order valence-corrected chi connectivity index (χ3v) is 3.44. The number of para-hydroxylation sites is 1. The summed E-state index contributed by atoms with van der Waals surface area (Å²) in [6.07, 6.45) is 5.63. The molecule has 0 radical (unpaired) electrons. The van der Waals surface area contributed by atoms with Crippen molar-refractivity contribution in [2.75, 3.05) is 11.5 Å². The molecule has 0 spiro atoms. The van der Waals surface area contributed by atoms with Gasteiger partial charge < -0.3 is 4.74 Å². The maximum Gasteiger partial charge on any atom is 0.414 e. The minimum Gasteiger partial charge on any atom is -0.449 e. The van der Waals surface area contributed by atoms with E-state index >= 15 is 0 Å². The van der Waals surface area contributed by atoms with Gasteiger partial charge in [-0.05, 0) is 31.9 Å². The standard InChI is InChI=1S/C15H21NO2/c1-2-18-15(17)16(13-9-5-3-6-10-13)14-11-7-4-8-12-14/h3,5-6,9-10,14H,2,4,7-8,11-12H2,1H3. The molecular formula is C15H21NO2. The zero-order chi connectivity index (χ0) is 12.8. The molecule has 0 aliphatic heterocycles. The number of anilines is 1. The highest BCUT2D eigenvalue weighted by Gasteiger charge is 2.27. The van der Waals surface area contributed by atoms with Crippen LogP contribution in [0.2, 0.25) is 0 Å². The van der Waals surface area contributed by atoms with Crippen molar-refractivity contribution in [3.63, 3.8) is 0 Å². The summed E-state index contributed by atoms with van der Waals surface area (Å²) in [6, 6.07) is 10.1. The highest BCUT2D eigenvalue weighted by Crippen LogP contribution is 2.27. The van der Waals surface area contributed by atoms with Gasteiger partial charge in [0.1, 0.15) is 0 Å². The number of benzene rings is 1. The van der Waals surface area contributed by atoms with E-state index in [-0.39, 0.29) is 6.09 Å². The summed E-state index contributed by atoms with van der Waals surface area (Å²) in [7, 11) is 0. The summed E-state index contributed by atoms with van der Waals surface area (Å²) in [6.45, 7) is 2.27. The Bertz CT molecular complexity index is 371. The molecule has 0 bridgehead atoms. The van der Waals surface area contributed by atoms with Crippen LogP contribution in [0.3, 0.4) is 0 Å². The van der Waals surface area contributed by atoms with E-state index in [1.165, 1.54) is 19.3 Å². The zero-order valence-electron chi connectivity index (χ0n) is 11.0. The van der Waals surface area contributed by atoms with E-state index in [9.17, 15) is 4.79 Å². The monoisotopic (exact) mass is 247 g/mol. The van der Waals surface area contributed by atoms with Crippen LogP contribution >= 0.6 is 0 Å².